The standard InChI is InChI=1S/C31H39N7O4/c1-31(2,3)27-19-29(38(35-27)23-6-7-23)37(20-39)25(30(40)33-12-11-32)18-28-34-24-8-5-22(17-26(24)42-28)21-9-13-36(14-10-21)15-16-41-4/h5,8-9,17,19-20,23,25H,6-7,10,12-16,18H2,1-4H3,(H,33,40)/t25-/m0/s1. The van der Waals surface area contributed by atoms with Crippen molar-refractivity contribution in [3.05, 3.63) is 47.5 Å². The van der Waals surface area contributed by atoms with Crippen molar-refractivity contribution in [3.8, 4) is 6.07 Å². The van der Waals surface area contributed by atoms with Crippen LogP contribution in [0.25, 0.3) is 16.7 Å². The van der Waals surface area contributed by atoms with Crippen LogP contribution in [-0.2, 0) is 26.2 Å². The minimum absolute atomic E-state index is 0.0396. The number of nitrogens with one attached hydrogen (secondary N) is 1. The molecule has 0 unspecified atom stereocenters. The highest BCUT2D eigenvalue weighted by molar-refractivity contribution is 5.92. The summed E-state index contributed by atoms with van der Waals surface area (Å²) in [7, 11) is 1.72. The van der Waals surface area contributed by atoms with Gasteiger partial charge < -0.3 is 14.5 Å². The second kappa shape index (κ2) is 12.5. The Morgan fingerprint density at radius 2 is 2.14 bits per heavy atom. The molecule has 1 atom stereocenters. The van der Waals surface area contributed by atoms with Crippen molar-refractivity contribution in [3.63, 3.8) is 0 Å². The molecule has 0 spiro atoms. The van der Waals surface area contributed by atoms with Gasteiger partial charge in [-0.1, -0.05) is 32.9 Å². The molecule has 1 saturated carbocycles. The monoisotopic (exact) mass is 573 g/mol. The molecule has 42 heavy (non-hydrogen) atoms. The Bertz CT molecular complexity index is 1510. The normalized spacial score (nSPS) is 16.6. The molecule has 0 radical (unpaired) electrons. The molecular formula is C31H39N7O4. The first-order valence-corrected chi connectivity index (χ1v) is 14.5. The van der Waals surface area contributed by atoms with E-state index in [0.29, 0.717) is 35.8 Å². The van der Waals surface area contributed by atoms with Gasteiger partial charge in [0, 0.05) is 38.2 Å². The van der Waals surface area contributed by atoms with Gasteiger partial charge in [0.05, 0.1) is 30.8 Å². The van der Waals surface area contributed by atoms with E-state index in [0.717, 1.165) is 50.2 Å². The summed E-state index contributed by atoms with van der Waals surface area (Å²) >= 11 is 0. The van der Waals surface area contributed by atoms with Crippen LogP contribution in [0.5, 0.6) is 0 Å². The lowest BCUT2D eigenvalue weighted by molar-refractivity contribution is -0.123. The SMILES string of the molecule is COCCN1CC=C(c2ccc3nc(C[C@@H](C(=O)NCC#N)N(C=O)c4cc(C(C)(C)C)nn4C4CC4)oc3c2)CC1. The van der Waals surface area contributed by atoms with Crippen LogP contribution >= 0.6 is 0 Å². The lowest BCUT2D eigenvalue weighted by Gasteiger charge is -2.26. The van der Waals surface area contributed by atoms with Gasteiger partial charge in [-0.05, 0) is 42.5 Å². The van der Waals surface area contributed by atoms with E-state index in [1.54, 1.807) is 7.11 Å². The molecule has 2 aromatic heterocycles. The summed E-state index contributed by atoms with van der Waals surface area (Å²) in [6.45, 7) is 9.47. The zero-order chi connectivity index (χ0) is 29.9. The quantitative estimate of drug-likeness (QED) is 0.257. The van der Waals surface area contributed by atoms with Crippen LogP contribution in [0, 0.1) is 11.3 Å². The Hall–Kier alpha value is -4.01. The summed E-state index contributed by atoms with van der Waals surface area (Å²) in [5.74, 6) is 0.428. The van der Waals surface area contributed by atoms with Gasteiger partial charge in [-0.15, -0.1) is 0 Å². The molecule has 0 saturated heterocycles. The van der Waals surface area contributed by atoms with E-state index in [1.807, 2.05) is 35.0 Å². The average Bonchev–Trinajstić information content (AvgIpc) is 3.58. The van der Waals surface area contributed by atoms with Gasteiger partial charge in [0.1, 0.15) is 23.9 Å². The number of fused-ring (bicyclic) bond motifs is 1. The molecule has 3 aromatic rings. The second-order valence-electron chi connectivity index (χ2n) is 12.0. The van der Waals surface area contributed by atoms with E-state index < -0.39 is 11.9 Å². The molecule has 3 heterocycles. The number of carbonyl (C=O) groups is 2. The number of benzene rings is 1. The van der Waals surface area contributed by atoms with Crippen LogP contribution in [0.2, 0.25) is 0 Å². The summed E-state index contributed by atoms with van der Waals surface area (Å²) in [5, 5.41) is 16.5. The highest BCUT2D eigenvalue weighted by atomic mass is 16.5. The molecule has 1 fully saturated rings. The first-order valence-electron chi connectivity index (χ1n) is 14.5. The third kappa shape index (κ3) is 6.55. The number of oxazole rings is 1. The predicted octanol–water partition coefficient (Wildman–Crippen LogP) is 3.61. The molecule has 1 aliphatic carbocycles. The lowest BCUT2D eigenvalue weighted by atomic mass is 9.92. The van der Waals surface area contributed by atoms with Gasteiger partial charge in [-0.3, -0.25) is 19.4 Å². The number of nitriles is 1. The van der Waals surface area contributed by atoms with Crippen molar-refractivity contribution in [1.29, 1.82) is 5.26 Å². The number of nitrogens with zero attached hydrogens (tertiary/aromatic N) is 6. The van der Waals surface area contributed by atoms with E-state index in [4.69, 9.17) is 19.5 Å². The number of aromatic nitrogens is 3. The van der Waals surface area contributed by atoms with Crippen LogP contribution in [-0.4, -0.2) is 77.9 Å². The number of carbonyl (C=O) groups excluding carboxylic acids is 2. The van der Waals surface area contributed by atoms with Crippen molar-refractivity contribution >= 4 is 34.8 Å². The zero-order valence-corrected chi connectivity index (χ0v) is 24.8. The van der Waals surface area contributed by atoms with E-state index in [2.05, 4.69) is 42.0 Å². The molecule has 222 valence electrons. The Morgan fingerprint density at radius 1 is 1.33 bits per heavy atom. The van der Waals surface area contributed by atoms with Gasteiger partial charge >= 0.3 is 0 Å². The maximum atomic E-state index is 13.4. The zero-order valence-electron chi connectivity index (χ0n) is 24.8. The number of rotatable bonds is 12. The van der Waals surface area contributed by atoms with Gasteiger partial charge in [0.15, 0.2) is 11.5 Å². The Balaban J connectivity index is 1.42. The summed E-state index contributed by atoms with van der Waals surface area (Å²) in [4.78, 5) is 34.4. The van der Waals surface area contributed by atoms with E-state index in [9.17, 15) is 9.59 Å². The first-order chi connectivity index (χ1) is 20.2. The Kier molecular flexibility index (Phi) is 8.75. The molecule has 2 amide bonds. The van der Waals surface area contributed by atoms with Crippen LogP contribution in [0.1, 0.15) is 63.2 Å². The van der Waals surface area contributed by atoms with Crippen LogP contribution in [0.4, 0.5) is 5.82 Å². The maximum absolute atomic E-state index is 13.4. The Morgan fingerprint density at radius 3 is 2.79 bits per heavy atom. The lowest BCUT2D eigenvalue weighted by Crippen LogP contribution is -2.48. The minimum Gasteiger partial charge on any atom is -0.441 e. The second-order valence-corrected chi connectivity index (χ2v) is 12.0. The van der Waals surface area contributed by atoms with E-state index in [-0.39, 0.29) is 24.4 Å². The van der Waals surface area contributed by atoms with Crippen molar-refractivity contribution < 1.29 is 18.7 Å². The highest BCUT2D eigenvalue weighted by Gasteiger charge is 2.36. The molecule has 11 heteroatoms. The first kappa shape index (κ1) is 29.5. The number of hydrogen-bond donors (Lipinski definition) is 1. The average molecular weight is 574 g/mol. The summed E-state index contributed by atoms with van der Waals surface area (Å²) in [5.41, 5.74) is 4.23. The highest BCUT2D eigenvalue weighted by Crippen LogP contribution is 2.40. The fraction of sp³-hybridized carbons (Fsp3) is 0.516. The number of anilines is 1. The largest absolute Gasteiger partial charge is 0.441 e. The molecule has 11 nitrogen and oxygen atoms in total. The topological polar surface area (TPSA) is 130 Å². The Labute approximate surface area is 246 Å². The molecule has 1 aliphatic heterocycles. The number of methoxy groups -OCH3 is 1. The van der Waals surface area contributed by atoms with Crippen LogP contribution in [0.3, 0.4) is 0 Å². The van der Waals surface area contributed by atoms with Crippen molar-refractivity contribution in [2.75, 3.05) is 44.8 Å². The molecule has 1 N–H and O–H groups in total. The van der Waals surface area contributed by atoms with Crippen molar-refractivity contribution in [2.45, 2.75) is 64.0 Å². The third-order valence-electron chi connectivity index (χ3n) is 7.81. The minimum atomic E-state index is -0.982. The molecule has 1 aromatic carbocycles. The predicted molar refractivity (Wildman–Crippen MR) is 159 cm³/mol. The van der Waals surface area contributed by atoms with Gasteiger partial charge in [0.25, 0.3) is 0 Å². The van der Waals surface area contributed by atoms with E-state index >= 15 is 0 Å². The molecular weight excluding hydrogens is 534 g/mol. The van der Waals surface area contributed by atoms with Gasteiger partial charge in [-0.25, -0.2) is 9.67 Å². The van der Waals surface area contributed by atoms with Gasteiger partial charge in [0.2, 0.25) is 12.3 Å². The van der Waals surface area contributed by atoms with Crippen molar-refractivity contribution in [2.24, 2.45) is 0 Å². The molecule has 2 aliphatic rings. The van der Waals surface area contributed by atoms with Crippen LogP contribution < -0.4 is 10.2 Å². The molecule has 0 bridgehead atoms. The number of hydrogen-bond acceptors (Lipinski definition) is 8. The van der Waals surface area contributed by atoms with Crippen LogP contribution in [0.15, 0.2) is 34.8 Å². The molecule has 5 rings (SSSR count). The maximum Gasteiger partial charge on any atom is 0.244 e. The number of amides is 2. The summed E-state index contributed by atoms with van der Waals surface area (Å²) < 4.78 is 13.2. The fourth-order valence-electron chi connectivity index (χ4n) is 5.20. The summed E-state index contributed by atoms with van der Waals surface area (Å²) in [6.07, 6.45) is 5.79. The van der Waals surface area contributed by atoms with Gasteiger partial charge in [-0.2, -0.15) is 10.4 Å². The summed E-state index contributed by atoms with van der Waals surface area (Å²) in [6, 6.07) is 8.98. The third-order valence-corrected chi connectivity index (χ3v) is 7.81. The number of ether oxygens (including phenoxy) is 1. The fourth-order valence-corrected chi connectivity index (χ4v) is 5.20. The smallest absolute Gasteiger partial charge is 0.244 e. The van der Waals surface area contributed by atoms with E-state index in [1.165, 1.54) is 10.5 Å². The van der Waals surface area contributed by atoms with Crippen molar-refractivity contribution in [1.82, 2.24) is 25.0 Å².